The molecule has 22 heavy (non-hydrogen) atoms. The summed E-state index contributed by atoms with van der Waals surface area (Å²) < 4.78 is 27.4. The number of nitrogens with one attached hydrogen (secondary N) is 1. The van der Waals surface area contributed by atoms with Crippen LogP contribution >= 0.6 is 0 Å². The number of nitrogens with two attached hydrogens (primary N) is 1. The van der Waals surface area contributed by atoms with Gasteiger partial charge in [-0.25, -0.2) is 13.6 Å². The molecule has 2 aromatic rings. The van der Waals surface area contributed by atoms with Gasteiger partial charge in [-0.15, -0.1) is 0 Å². The Morgan fingerprint density at radius 2 is 1.82 bits per heavy atom. The summed E-state index contributed by atoms with van der Waals surface area (Å²) >= 11 is 0. The number of rotatable bonds is 6. The van der Waals surface area contributed by atoms with E-state index in [2.05, 4.69) is 5.32 Å². The highest BCUT2D eigenvalue weighted by Crippen LogP contribution is 2.22. The number of hydrogen-bond acceptors (Lipinski definition) is 5. The fraction of sp³-hybridized carbons (Fsp3) is 0.200. The first kappa shape index (κ1) is 16.3. The third kappa shape index (κ3) is 4.20. The molecule has 0 unspecified atom stereocenters. The maximum Gasteiger partial charge on any atom is 0.238 e. The lowest BCUT2D eigenvalue weighted by Crippen LogP contribution is -2.14. The minimum absolute atomic E-state index is 0.0849. The fourth-order valence-corrected chi connectivity index (χ4v) is 2.48. The Morgan fingerprint density at radius 3 is 2.41 bits per heavy atom. The lowest BCUT2D eigenvalue weighted by Gasteiger charge is -2.09. The highest BCUT2D eigenvalue weighted by Gasteiger charge is 2.07. The number of phenols is 1. The van der Waals surface area contributed by atoms with Crippen LogP contribution in [-0.2, 0) is 23.1 Å². The zero-order valence-corrected chi connectivity index (χ0v) is 12.9. The molecular formula is C15H18N2O4S. The minimum Gasteiger partial charge on any atom is -0.508 e. The predicted octanol–water partition coefficient (Wildman–Crippen LogP) is 1.34. The van der Waals surface area contributed by atoms with Crippen molar-refractivity contribution in [2.45, 2.75) is 18.0 Å². The molecule has 0 heterocycles. The number of sulfonamides is 1. The Balaban J connectivity index is 1.97. The Hall–Kier alpha value is -2.09. The quantitative estimate of drug-likeness (QED) is 0.745. The topological polar surface area (TPSA) is 102 Å². The number of phenolic OH excluding ortho intramolecular Hbond substituents is 1. The average molecular weight is 322 g/mol. The van der Waals surface area contributed by atoms with E-state index in [0.29, 0.717) is 18.8 Å². The molecule has 6 nitrogen and oxygen atoms in total. The van der Waals surface area contributed by atoms with Crippen LogP contribution in [-0.4, -0.2) is 20.6 Å². The first-order chi connectivity index (χ1) is 10.4. The van der Waals surface area contributed by atoms with Gasteiger partial charge in [0, 0.05) is 18.7 Å². The molecule has 2 rings (SSSR count). The summed E-state index contributed by atoms with van der Waals surface area (Å²) in [6.45, 7) is 0.988. The molecule has 0 spiro atoms. The maximum atomic E-state index is 11.2. The van der Waals surface area contributed by atoms with Crippen molar-refractivity contribution in [3.8, 4) is 11.5 Å². The highest BCUT2D eigenvalue weighted by atomic mass is 32.2. The molecule has 0 aliphatic rings. The summed E-state index contributed by atoms with van der Waals surface area (Å²) in [7, 11) is -2.10. The summed E-state index contributed by atoms with van der Waals surface area (Å²) in [5, 5.41) is 18.0. The summed E-state index contributed by atoms with van der Waals surface area (Å²) in [5.74, 6) is 0.866. The average Bonchev–Trinajstić information content (AvgIpc) is 2.49. The van der Waals surface area contributed by atoms with Gasteiger partial charge in [0.1, 0.15) is 11.5 Å². The lowest BCUT2D eigenvalue weighted by atomic mass is 10.1. The van der Waals surface area contributed by atoms with E-state index in [1.165, 1.54) is 12.1 Å². The van der Waals surface area contributed by atoms with Crippen LogP contribution in [0.3, 0.4) is 0 Å². The van der Waals surface area contributed by atoms with Crippen molar-refractivity contribution in [2.24, 2.45) is 5.14 Å². The normalized spacial score (nSPS) is 11.4. The van der Waals surface area contributed by atoms with Gasteiger partial charge >= 0.3 is 0 Å². The molecule has 7 heteroatoms. The van der Waals surface area contributed by atoms with Crippen molar-refractivity contribution >= 4 is 10.0 Å². The molecule has 0 aromatic heterocycles. The first-order valence-electron chi connectivity index (χ1n) is 6.58. The Morgan fingerprint density at radius 1 is 1.14 bits per heavy atom. The number of methoxy groups -OCH3 is 1. The molecule has 0 aliphatic carbocycles. The van der Waals surface area contributed by atoms with E-state index in [4.69, 9.17) is 9.88 Å². The molecule has 0 saturated carbocycles. The lowest BCUT2D eigenvalue weighted by molar-refractivity contribution is 0.410. The molecule has 0 atom stereocenters. The van der Waals surface area contributed by atoms with Gasteiger partial charge in [0.25, 0.3) is 0 Å². The van der Waals surface area contributed by atoms with Crippen LogP contribution in [0.15, 0.2) is 47.4 Å². The molecule has 118 valence electrons. The van der Waals surface area contributed by atoms with Crippen molar-refractivity contribution < 1.29 is 18.3 Å². The monoisotopic (exact) mass is 322 g/mol. The smallest absolute Gasteiger partial charge is 0.238 e. The SMILES string of the molecule is COc1ccc(O)c(CNCc2ccc(S(N)(=O)=O)cc2)c1. The molecule has 0 amide bonds. The van der Waals surface area contributed by atoms with Crippen molar-refractivity contribution in [3.63, 3.8) is 0 Å². The molecule has 0 fully saturated rings. The second-order valence-corrected chi connectivity index (χ2v) is 6.35. The third-order valence-electron chi connectivity index (χ3n) is 3.18. The van der Waals surface area contributed by atoms with Gasteiger partial charge in [-0.2, -0.15) is 0 Å². The number of hydrogen-bond donors (Lipinski definition) is 3. The van der Waals surface area contributed by atoms with Crippen molar-refractivity contribution in [1.82, 2.24) is 5.32 Å². The highest BCUT2D eigenvalue weighted by molar-refractivity contribution is 7.89. The van der Waals surface area contributed by atoms with E-state index < -0.39 is 10.0 Å². The van der Waals surface area contributed by atoms with Gasteiger partial charge in [0.15, 0.2) is 0 Å². The van der Waals surface area contributed by atoms with Gasteiger partial charge in [0.05, 0.1) is 12.0 Å². The largest absolute Gasteiger partial charge is 0.508 e. The fourth-order valence-electron chi connectivity index (χ4n) is 1.97. The van der Waals surface area contributed by atoms with Crippen LogP contribution < -0.4 is 15.2 Å². The number of primary sulfonamides is 1. The van der Waals surface area contributed by atoms with Gasteiger partial charge in [-0.1, -0.05) is 12.1 Å². The van der Waals surface area contributed by atoms with Crippen LogP contribution in [0.25, 0.3) is 0 Å². The summed E-state index contributed by atoms with van der Waals surface area (Å²) in [5.41, 5.74) is 1.63. The van der Waals surface area contributed by atoms with Crippen LogP contribution in [0.4, 0.5) is 0 Å². The second kappa shape index (κ2) is 6.78. The molecule has 0 bridgehead atoms. The summed E-state index contributed by atoms with van der Waals surface area (Å²) in [4.78, 5) is 0.0849. The van der Waals surface area contributed by atoms with E-state index in [1.807, 2.05) is 0 Å². The van der Waals surface area contributed by atoms with E-state index in [0.717, 1.165) is 11.1 Å². The zero-order chi connectivity index (χ0) is 16.2. The molecule has 0 saturated heterocycles. The van der Waals surface area contributed by atoms with E-state index in [1.54, 1.807) is 37.4 Å². The number of benzene rings is 2. The Kier molecular flexibility index (Phi) is 5.02. The predicted molar refractivity (Wildman–Crippen MR) is 83.0 cm³/mol. The van der Waals surface area contributed by atoms with Crippen molar-refractivity contribution in [3.05, 3.63) is 53.6 Å². The zero-order valence-electron chi connectivity index (χ0n) is 12.1. The third-order valence-corrected chi connectivity index (χ3v) is 4.11. The van der Waals surface area contributed by atoms with Gasteiger partial charge in [-0.05, 0) is 35.9 Å². The van der Waals surface area contributed by atoms with Gasteiger partial charge in [-0.3, -0.25) is 0 Å². The standard InChI is InChI=1S/C15H18N2O4S/c1-21-13-4-7-15(18)12(8-13)10-17-9-11-2-5-14(6-3-11)22(16,19)20/h2-8,17-18H,9-10H2,1H3,(H2,16,19,20). The van der Waals surface area contributed by atoms with Crippen LogP contribution in [0.1, 0.15) is 11.1 Å². The maximum absolute atomic E-state index is 11.2. The number of aromatic hydroxyl groups is 1. The van der Waals surface area contributed by atoms with Gasteiger partial charge < -0.3 is 15.2 Å². The Labute approximate surface area is 129 Å². The molecule has 2 aromatic carbocycles. The summed E-state index contributed by atoms with van der Waals surface area (Å²) in [6.07, 6.45) is 0. The van der Waals surface area contributed by atoms with Crippen LogP contribution in [0.2, 0.25) is 0 Å². The molecule has 4 N–H and O–H groups in total. The van der Waals surface area contributed by atoms with Crippen LogP contribution in [0.5, 0.6) is 11.5 Å². The van der Waals surface area contributed by atoms with Crippen molar-refractivity contribution in [2.75, 3.05) is 7.11 Å². The van der Waals surface area contributed by atoms with E-state index in [-0.39, 0.29) is 10.6 Å². The van der Waals surface area contributed by atoms with Crippen LogP contribution in [0, 0.1) is 0 Å². The van der Waals surface area contributed by atoms with Gasteiger partial charge in [0.2, 0.25) is 10.0 Å². The molecule has 0 radical (unpaired) electrons. The molecular weight excluding hydrogens is 304 g/mol. The van der Waals surface area contributed by atoms with Crippen molar-refractivity contribution in [1.29, 1.82) is 0 Å². The van der Waals surface area contributed by atoms with E-state index in [9.17, 15) is 13.5 Å². The van der Waals surface area contributed by atoms with E-state index >= 15 is 0 Å². The number of ether oxygens (including phenoxy) is 1. The summed E-state index contributed by atoms with van der Waals surface area (Å²) in [6, 6.07) is 11.3. The second-order valence-electron chi connectivity index (χ2n) is 4.79. The first-order valence-corrected chi connectivity index (χ1v) is 8.13. The Bertz CT molecular complexity index is 743. The minimum atomic E-state index is -3.66. The molecule has 0 aliphatic heterocycles.